The van der Waals surface area contributed by atoms with Gasteiger partial charge in [-0.05, 0) is 42.2 Å². The van der Waals surface area contributed by atoms with Gasteiger partial charge in [0.2, 0.25) is 10.0 Å². The molecule has 32 heavy (non-hydrogen) atoms. The number of nitrogens with one attached hydrogen (secondary N) is 1. The Morgan fingerprint density at radius 2 is 1.69 bits per heavy atom. The zero-order valence-electron chi connectivity index (χ0n) is 19.4. The average Bonchev–Trinajstić information content (AvgIpc) is 2.73. The van der Waals surface area contributed by atoms with E-state index in [1.165, 1.54) is 27.7 Å². The van der Waals surface area contributed by atoms with Crippen LogP contribution in [0.4, 0.5) is 0 Å². The lowest BCUT2D eigenvalue weighted by atomic mass is 9.92. The molecule has 7 heteroatoms. The zero-order valence-corrected chi connectivity index (χ0v) is 20.2. The third kappa shape index (κ3) is 6.66. The van der Waals surface area contributed by atoms with Crippen molar-refractivity contribution >= 4 is 34.1 Å². The molecule has 3 rings (SSSR count). The van der Waals surface area contributed by atoms with Crippen molar-refractivity contribution in [3.05, 3.63) is 77.9 Å². The number of nitrogens with zero attached hydrogens (tertiary/aromatic N) is 1. The Bertz CT molecular complexity index is 1160. The van der Waals surface area contributed by atoms with Crippen LogP contribution < -0.4 is 10.8 Å². The molecule has 0 aliphatic heterocycles. The summed E-state index contributed by atoms with van der Waals surface area (Å²) in [6.45, 7) is 4.54. The predicted octanol–water partition coefficient (Wildman–Crippen LogP) is 1.83. The molecule has 0 saturated heterocycles. The van der Waals surface area contributed by atoms with Gasteiger partial charge >= 0.3 is 0 Å². The monoisotopic (exact) mass is 452 g/mol. The lowest BCUT2D eigenvalue weighted by Gasteiger charge is -2.29. The van der Waals surface area contributed by atoms with Crippen LogP contribution in [0.5, 0.6) is 0 Å². The van der Waals surface area contributed by atoms with Gasteiger partial charge in [0.1, 0.15) is 7.85 Å². The fourth-order valence-electron chi connectivity index (χ4n) is 3.87. The maximum atomic E-state index is 12.7. The molecule has 0 bridgehead atoms. The molecule has 3 aromatic rings. The summed E-state index contributed by atoms with van der Waals surface area (Å²) >= 11 is 0. The summed E-state index contributed by atoms with van der Waals surface area (Å²) < 4.78 is 26.7. The van der Waals surface area contributed by atoms with Gasteiger partial charge < -0.3 is 10.4 Å². The van der Waals surface area contributed by atoms with Gasteiger partial charge in [0.25, 0.3) is 0 Å². The quantitative estimate of drug-likeness (QED) is 0.461. The highest BCUT2D eigenvalue weighted by Gasteiger charge is 2.24. The second-order valence-corrected chi connectivity index (χ2v) is 11.3. The summed E-state index contributed by atoms with van der Waals surface area (Å²) in [5.74, 6) is -0.0657. The van der Waals surface area contributed by atoms with Crippen molar-refractivity contribution in [2.24, 2.45) is 0 Å². The van der Waals surface area contributed by atoms with Crippen LogP contribution in [0.3, 0.4) is 0 Å². The molecule has 0 amide bonds. The predicted molar refractivity (Wildman–Crippen MR) is 136 cm³/mol. The van der Waals surface area contributed by atoms with E-state index < -0.39 is 16.1 Å². The molecule has 3 aromatic carbocycles. The molecule has 170 valence electrons. The maximum absolute atomic E-state index is 12.7. The van der Waals surface area contributed by atoms with Crippen LogP contribution in [0.15, 0.2) is 66.7 Å². The van der Waals surface area contributed by atoms with E-state index in [1.807, 2.05) is 44.2 Å². The molecule has 1 atom stereocenters. The van der Waals surface area contributed by atoms with Gasteiger partial charge in [-0.3, -0.25) is 0 Å². The van der Waals surface area contributed by atoms with Crippen LogP contribution in [-0.4, -0.2) is 57.5 Å². The minimum absolute atomic E-state index is 0.0489. The molecule has 0 aliphatic carbocycles. The Kier molecular flexibility index (Phi) is 7.77. The number of hydrogen-bond donors (Lipinski definition) is 2. The number of sulfonamides is 1. The number of benzene rings is 3. The smallest absolute Gasteiger partial charge is 0.218 e. The highest BCUT2D eigenvalue weighted by atomic mass is 32.2. The molecule has 0 aromatic heterocycles. The summed E-state index contributed by atoms with van der Waals surface area (Å²) in [7, 11) is -0.0796. The van der Waals surface area contributed by atoms with E-state index in [0.717, 1.165) is 17.4 Å². The van der Waals surface area contributed by atoms with E-state index >= 15 is 0 Å². The van der Waals surface area contributed by atoms with Gasteiger partial charge in [-0.15, -0.1) is 0 Å². The number of aliphatic hydroxyl groups is 1. The molecule has 0 radical (unpaired) electrons. The summed E-state index contributed by atoms with van der Waals surface area (Å²) in [5.41, 5.74) is 2.70. The Hall–Kier alpha value is -2.19. The number of fused-ring (bicyclic) bond motifs is 1. The maximum Gasteiger partial charge on any atom is 0.218 e. The summed E-state index contributed by atoms with van der Waals surface area (Å²) in [4.78, 5) is 0. The minimum Gasteiger partial charge on any atom is -0.390 e. The Morgan fingerprint density at radius 1 is 1.03 bits per heavy atom. The Morgan fingerprint density at radius 3 is 2.41 bits per heavy atom. The van der Waals surface area contributed by atoms with E-state index in [9.17, 15) is 13.5 Å². The normalized spacial score (nSPS) is 13.5. The molecule has 1 unspecified atom stereocenters. The number of rotatable bonds is 10. The van der Waals surface area contributed by atoms with Gasteiger partial charge in [-0.1, -0.05) is 72.2 Å². The average molecular weight is 452 g/mol. The minimum atomic E-state index is -3.51. The third-order valence-electron chi connectivity index (χ3n) is 5.82. The highest BCUT2D eigenvalue weighted by molar-refractivity contribution is 7.88. The third-order valence-corrected chi connectivity index (χ3v) is 7.59. The molecule has 0 heterocycles. The fraction of sp³-hybridized carbons (Fsp3) is 0.360. The molecular formula is C25H33BN2O3S. The largest absolute Gasteiger partial charge is 0.390 e. The van der Waals surface area contributed by atoms with Crippen molar-refractivity contribution in [3.8, 4) is 0 Å². The van der Waals surface area contributed by atoms with Crippen molar-refractivity contribution in [2.75, 3.05) is 20.1 Å². The van der Waals surface area contributed by atoms with E-state index in [2.05, 4.69) is 49.5 Å². The summed E-state index contributed by atoms with van der Waals surface area (Å²) in [6, 6.07) is 22.2. The van der Waals surface area contributed by atoms with Crippen molar-refractivity contribution in [2.45, 2.75) is 37.7 Å². The van der Waals surface area contributed by atoms with Gasteiger partial charge in [0.15, 0.2) is 0 Å². The van der Waals surface area contributed by atoms with E-state index in [4.69, 9.17) is 0 Å². The molecule has 2 N–H and O–H groups in total. The van der Waals surface area contributed by atoms with Gasteiger partial charge in [0.05, 0.1) is 11.9 Å². The van der Waals surface area contributed by atoms with Crippen molar-refractivity contribution in [1.29, 1.82) is 0 Å². The first-order chi connectivity index (χ1) is 15.1. The van der Waals surface area contributed by atoms with E-state index in [0.29, 0.717) is 6.54 Å². The standard InChI is InChI=1S/C25H33BN2O3S/c1-25(2,15-19-12-13-20-8-4-5-9-21(20)14-19)27-16-23(29)17-28(3)32(30,31)18-22-10-6-7-11-24(22)26/h4-14,23,27,29H,15-18,26H2,1-3H3. The highest BCUT2D eigenvalue weighted by Crippen LogP contribution is 2.19. The van der Waals surface area contributed by atoms with Gasteiger partial charge in [-0.25, -0.2) is 12.7 Å². The summed E-state index contributed by atoms with van der Waals surface area (Å²) in [5, 5.41) is 16.3. The number of likely N-dealkylation sites (N-methyl/N-ethyl adjacent to an activating group) is 1. The molecule has 0 aliphatic rings. The fourth-order valence-corrected chi connectivity index (χ4v) is 5.21. The zero-order chi connectivity index (χ0) is 23.4. The van der Waals surface area contributed by atoms with Crippen molar-refractivity contribution in [1.82, 2.24) is 9.62 Å². The number of aliphatic hydroxyl groups excluding tert-OH is 1. The van der Waals surface area contributed by atoms with Crippen molar-refractivity contribution in [3.63, 3.8) is 0 Å². The van der Waals surface area contributed by atoms with Gasteiger partial charge in [-0.2, -0.15) is 0 Å². The number of hydrogen-bond acceptors (Lipinski definition) is 4. The van der Waals surface area contributed by atoms with Crippen LogP contribution >= 0.6 is 0 Å². The topological polar surface area (TPSA) is 69.6 Å². The van der Waals surface area contributed by atoms with E-state index in [1.54, 1.807) is 0 Å². The lowest BCUT2D eigenvalue weighted by molar-refractivity contribution is 0.139. The van der Waals surface area contributed by atoms with Crippen molar-refractivity contribution < 1.29 is 13.5 Å². The van der Waals surface area contributed by atoms with Crippen LogP contribution in [0, 0.1) is 0 Å². The molecule has 0 fully saturated rings. The molecule has 0 saturated carbocycles. The first-order valence-corrected chi connectivity index (χ1v) is 12.6. The van der Waals surface area contributed by atoms with Crippen LogP contribution in [0.1, 0.15) is 25.0 Å². The second kappa shape index (κ2) is 10.2. The van der Waals surface area contributed by atoms with E-state index in [-0.39, 0.29) is 17.8 Å². The lowest BCUT2D eigenvalue weighted by Crippen LogP contribution is -2.48. The van der Waals surface area contributed by atoms with Crippen LogP contribution in [0.25, 0.3) is 10.8 Å². The molecular weight excluding hydrogens is 419 g/mol. The first-order valence-electron chi connectivity index (χ1n) is 10.9. The number of β-amino-alcohol motifs (C(OH)–C–C–N with tert-alkyl or cyclic N) is 1. The SMILES string of the molecule is Bc1ccccc1CS(=O)(=O)N(C)CC(O)CNC(C)(C)Cc1ccc2ccccc2c1. The Balaban J connectivity index is 1.54. The molecule has 0 spiro atoms. The summed E-state index contributed by atoms with van der Waals surface area (Å²) in [6.07, 6.45) is -0.00562. The van der Waals surface area contributed by atoms with Crippen LogP contribution in [0.2, 0.25) is 0 Å². The molecule has 5 nitrogen and oxygen atoms in total. The Labute approximate surface area is 192 Å². The second-order valence-electron chi connectivity index (χ2n) is 9.24. The first kappa shape index (κ1) is 24.5. The van der Waals surface area contributed by atoms with Gasteiger partial charge in [0, 0.05) is 25.7 Å². The van der Waals surface area contributed by atoms with Crippen LogP contribution in [-0.2, 0) is 22.2 Å².